The van der Waals surface area contributed by atoms with E-state index in [4.69, 9.17) is 0 Å². The molecule has 3 atom stereocenters. The van der Waals surface area contributed by atoms with E-state index < -0.39 is 0 Å². The van der Waals surface area contributed by atoms with Crippen LogP contribution in [0.2, 0.25) is 0 Å². The van der Waals surface area contributed by atoms with Gasteiger partial charge in [0, 0.05) is 12.1 Å². The van der Waals surface area contributed by atoms with E-state index >= 15 is 0 Å². The lowest BCUT2D eigenvalue weighted by atomic mass is 10.1. The molecule has 0 aromatic rings. The molecule has 0 N–H and O–H groups in total. The van der Waals surface area contributed by atoms with Crippen LogP contribution < -0.4 is 0 Å². The quantitative estimate of drug-likeness (QED) is 0.527. The van der Waals surface area contributed by atoms with E-state index in [9.17, 15) is 0 Å². The van der Waals surface area contributed by atoms with Crippen molar-refractivity contribution in [1.29, 1.82) is 0 Å². The molecular formula is C9H17N. The lowest BCUT2D eigenvalue weighted by Gasteiger charge is -1.98. The van der Waals surface area contributed by atoms with E-state index in [1.807, 2.05) is 0 Å². The fourth-order valence-corrected chi connectivity index (χ4v) is 2.30. The summed E-state index contributed by atoms with van der Waals surface area (Å²) in [5.41, 5.74) is 0. The van der Waals surface area contributed by atoms with Crippen molar-refractivity contribution in [2.45, 2.75) is 38.8 Å². The third-order valence-corrected chi connectivity index (χ3v) is 2.99. The fraction of sp³-hybridized carbons (Fsp3) is 1.00. The molecule has 1 heteroatoms. The van der Waals surface area contributed by atoms with Gasteiger partial charge in [0.15, 0.2) is 0 Å². The highest BCUT2D eigenvalue weighted by molar-refractivity contribution is 5.08. The van der Waals surface area contributed by atoms with Gasteiger partial charge in [0.05, 0.1) is 0 Å². The lowest BCUT2D eigenvalue weighted by molar-refractivity contribution is 0.501. The van der Waals surface area contributed by atoms with Crippen molar-refractivity contribution in [1.82, 2.24) is 4.90 Å². The molecule has 0 spiro atoms. The molecule has 2 aliphatic rings. The van der Waals surface area contributed by atoms with Crippen LogP contribution >= 0.6 is 0 Å². The molecule has 1 saturated heterocycles. The molecule has 10 heavy (non-hydrogen) atoms. The van der Waals surface area contributed by atoms with Gasteiger partial charge in [0.1, 0.15) is 0 Å². The lowest BCUT2D eigenvalue weighted by Crippen LogP contribution is -2.03. The van der Waals surface area contributed by atoms with E-state index in [2.05, 4.69) is 25.8 Å². The average Bonchev–Trinajstić information content (AvgIpc) is 2.57. The highest BCUT2D eigenvalue weighted by Gasteiger charge is 2.53. The van der Waals surface area contributed by atoms with Crippen molar-refractivity contribution in [3.05, 3.63) is 0 Å². The Balaban J connectivity index is 1.90. The molecule has 2 unspecified atom stereocenters. The van der Waals surface area contributed by atoms with Crippen LogP contribution in [0, 0.1) is 11.8 Å². The number of nitrogens with zero attached hydrogens (tertiary/aromatic N) is 1. The maximum atomic E-state index is 2.54. The minimum absolute atomic E-state index is 0.871. The highest BCUT2D eigenvalue weighted by atomic mass is 15.3. The van der Waals surface area contributed by atoms with Gasteiger partial charge in [-0.3, -0.25) is 4.90 Å². The number of rotatable bonds is 2. The monoisotopic (exact) mass is 139 g/mol. The molecule has 1 heterocycles. The second-order valence-electron chi connectivity index (χ2n) is 4.23. The molecule has 0 bridgehead atoms. The highest BCUT2D eigenvalue weighted by Crippen LogP contribution is 2.47. The molecule has 0 radical (unpaired) electrons. The van der Waals surface area contributed by atoms with Crippen LogP contribution in [0.1, 0.15) is 26.7 Å². The molecular weight excluding hydrogens is 122 g/mol. The first kappa shape index (κ1) is 6.66. The van der Waals surface area contributed by atoms with Crippen LogP contribution in [0.25, 0.3) is 0 Å². The summed E-state index contributed by atoms with van der Waals surface area (Å²) in [4.78, 5) is 2.54. The van der Waals surface area contributed by atoms with Gasteiger partial charge in [-0.15, -0.1) is 0 Å². The van der Waals surface area contributed by atoms with Gasteiger partial charge in [0.25, 0.3) is 0 Å². The second kappa shape index (κ2) is 1.97. The van der Waals surface area contributed by atoms with Gasteiger partial charge < -0.3 is 0 Å². The molecule has 1 nitrogen and oxygen atoms in total. The number of likely N-dealkylation sites (N-methyl/N-ethyl adjacent to an activating group) is 1. The van der Waals surface area contributed by atoms with E-state index in [1.54, 1.807) is 0 Å². The predicted molar refractivity (Wildman–Crippen MR) is 42.9 cm³/mol. The van der Waals surface area contributed by atoms with E-state index in [0.29, 0.717) is 0 Å². The topological polar surface area (TPSA) is 3.01 Å². The maximum Gasteiger partial charge on any atom is 0.0282 e. The summed E-state index contributed by atoms with van der Waals surface area (Å²) < 4.78 is 0. The Hall–Kier alpha value is -0.0400. The van der Waals surface area contributed by atoms with Gasteiger partial charge in [-0.1, -0.05) is 13.8 Å². The Morgan fingerprint density at radius 3 is 2.20 bits per heavy atom. The van der Waals surface area contributed by atoms with Crippen molar-refractivity contribution in [2.24, 2.45) is 11.8 Å². The van der Waals surface area contributed by atoms with Crippen LogP contribution in [0.4, 0.5) is 0 Å². The zero-order valence-corrected chi connectivity index (χ0v) is 7.17. The Kier molecular flexibility index (Phi) is 1.31. The molecule has 0 aromatic carbocycles. The van der Waals surface area contributed by atoms with Crippen LogP contribution in [-0.2, 0) is 0 Å². The normalized spacial score (nSPS) is 46.2. The van der Waals surface area contributed by atoms with Gasteiger partial charge in [-0.2, -0.15) is 0 Å². The van der Waals surface area contributed by atoms with Crippen LogP contribution in [-0.4, -0.2) is 24.0 Å². The van der Waals surface area contributed by atoms with Crippen molar-refractivity contribution in [3.63, 3.8) is 0 Å². The molecule has 1 aliphatic carbocycles. The minimum atomic E-state index is 0.871. The summed E-state index contributed by atoms with van der Waals surface area (Å²) in [7, 11) is 2.27. The van der Waals surface area contributed by atoms with Crippen molar-refractivity contribution in [3.8, 4) is 0 Å². The van der Waals surface area contributed by atoms with Crippen LogP contribution in [0.3, 0.4) is 0 Å². The van der Waals surface area contributed by atoms with E-state index in [1.165, 1.54) is 12.8 Å². The molecule has 2 rings (SSSR count). The summed E-state index contributed by atoms with van der Waals surface area (Å²) in [6, 6.07) is 1.90. The summed E-state index contributed by atoms with van der Waals surface area (Å²) in [6.45, 7) is 4.67. The zero-order valence-electron chi connectivity index (χ0n) is 7.17. The fourth-order valence-electron chi connectivity index (χ4n) is 2.30. The largest absolute Gasteiger partial charge is 0.297 e. The van der Waals surface area contributed by atoms with E-state index in [-0.39, 0.29) is 0 Å². The van der Waals surface area contributed by atoms with Crippen LogP contribution in [0.15, 0.2) is 0 Å². The number of hydrogen-bond donors (Lipinski definition) is 0. The molecule has 0 aromatic heterocycles. The first-order valence-electron chi connectivity index (χ1n) is 4.43. The first-order chi connectivity index (χ1) is 4.72. The SMILES string of the molecule is CC(C)[C@H]1C(C2CC2)N1C. The predicted octanol–water partition coefficient (Wildman–Crippen LogP) is 1.74. The Morgan fingerprint density at radius 2 is 1.90 bits per heavy atom. The Bertz CT molecular complexity index is 130. The molecule has 1 saturated carbocycles. The second-order valence-corrected chi connectivity index (χ2v) is 4.23. The zero-order chi connectivity index (χ0) is 7.30. The van der Waals surface area contributed by atoms with Crippen molar-refractivity contribution in [2.75, 3.05) is 7.05 Å². The van der Waals surface area contributed by atoms with Crippen molar-refractivity contribution >= 4 is 0 Å². The molecule has 1 aliphatic heterocycles. The van der Waals surface area contributed by atoms with Gasteiger partial charge in [0.2, 0.25) is 0 Å². The van der Waals surface area contributed by atoms with Gasteiger partial charge in [-0.05, 0) is 31.7 Å². The van der Waals surface area contributed by atoms with E-state index in [0.717, 1.165) is 23.9 Å². The van der Waals surface area contributed by atoms with Gasteiger partial charge >= 0.3 is 0 Å². The molecule has 0 amide bonds. The molecule has 2 fully saturated rings. The third-order valence-electron chi connectivity index (χ3n) is 2.99. The maximum absolute atomic E-state index is 2.54. The Morgan fingerprint density at radius 1 is 1.30 bits per heavy atom. The van der Waals surface area contributed by atoms with Crippen LogP contribution in [0.5, 0.6) is 0 Å². The summed E-state index contributed by atoms with van der Waals surface area (Å²) in [6.07, 6.45) is 3.00. The summed E-state index contributed by atoms with van der Waals surface area (Å²) in [5, 5.41) is 0. The third kappa shape index (κ3) is 0.878. The number of hydrogen-bond acceptors (Lipinski definition) is 1. The van der Waals surface area contributed by atoms with Crippen molar-refractivity contribution < 1.29 is 0 Å². The molecule has 58 valence electrons. The Labute approximate surface area is 63.4 Å². The standard InChI is InChI=1S/C9H17N/c1-6(2)8-9(10(8)3)7-4-5-7/h6-9H,4-5H2,1-3H3/t8-,9?,10?/m0/s1. The summed E-state index contributed by atoms with van der Waals surface area (Å²) >= 11 is 0. The first-order valence-corrected chi connectivity index (χ1v) is 4.43. The smallest absolute Gasteiger partial charge is 0.0282 e. The average molecular weight is 139 g/mol. The minimum Gasteiger partial charge on any atom is -0.297 e. The van der Waals surface area contributed by atoms with Gasteiger partial charge in [-0.25, -0.2) is 0 Å². The summed E-state index contributed by atoms with van der Waals surface area (Å²) in [5.74, 6) is 1.95.